The number of aliphatic hydroxyl groups excluding tert-OH is 1. The van der Waals surface area contributed by atoms with Gasteiger partial charge in [0, 0.05) is 13.1 Å². The molecular formula is C12H21BrN4O2. The number of anilines is 1. The summed E-state index contributed by atoms with van der Waals surface area (Å²) in [5, 5.41) is 16.4. The van der Waals surface area contributed by atoms with Crippen LogP contribution in [0.1, 0.15) is 13.3 Å². The van der Waals surface area contributed by atoms with Crippen molar-refractivity contribution in [2.75, 3.05) is 32.5 Å². The summed E-state index contributed by atoms with van der Waals surface area (Å²) in [5.74, 6) is 0. The van der Waals surface area contributed by atoms with Crippen LogP contribution in [-0.2, 0) is 6.54 Å². The number of hydrogen-bond donors (Lipinski definition) is 2. The normalized spacial score (nSPS) is 12.7. The van der Waals surface area contributed by atoms with Gasteiger partial charge in [-0.1, -0.05) is 0 Å². The van der Waals surface area contributed by atoms with E-state index in [2.05, 4.69) is 26.3 Å². The molecule has 0 aliphatic rings. The topological polar surface area (TPSA) is 70.4 Å². The molecule has 0 aromatic carbocycles. The molecule has 6 nitrogen and oxygen atoms in total. The van der Waals surface area contributed by atoms with Gasteiger partial charge in [-0.2, -0.15) is 5.10 Å². The van der Waals surface area contributed by atoms with Crippen molar-refractivity contribution in [1.82, 2.24) is 14.7 Å². The Labute approximate surface area is 121 Å². The van der Waals surface area contributed by atoms with Gasteiger partial charge in [-0.05, 0) is 43.4 Å². The number of aromatic nitrogens is 2. The molecule has 0 amide bonds. The molecule has 19 heavy (non-hydrogen) atoms. The fourth-order valence-electron chi connectivity index (χ4n) is 1.46. The first-order valence-electron chi connectivity index (χ1n) is 6.24. The van der Waals surface area contributed by atoms with E-state index in [9.17, 15) is 9.90 Å². The number of halogens is 1. The highest BCUT2D eigenvalue weighted by molar-refractivity contribution is 9.10. The van der Waals surface area contributed by atoms with Crippen LogP contribution in [0.15, 0.2) is 15.5 Å². The highest BCUT2D eigenvalue weighted by Crippen LogP contribution is 2.16. The summed E-state index contributed by atoms with van der Waals surface area (Å²) < 4.78 is 1.91. The second kappa shape index (κ2) is 7.62. The summed E-state index contributed by atoms with van der Waals surface area (Å²) in [7, 11) is 3.90. The number of nitrogens with one attached hydrogen (secondary N) is 1. The van der Waals surface area contributed by atoms with E-state index in [-0.39, 0.29) is 11.7 Å². The van der Waals surface area contributed by atoms with Crippen LogP contribution in [0.2, 0.25) is 0 Å². The summed E-state index contributed by atoms with van der Waals surface area (Å²) in [6, 6.07) is 0. The van der Waals surface area contributed by atoms with Crippen molar-refractivity contribution in [3.63, 3.8) is 0 Å². The molecule has 1 rings (SSSR count). The Kier molecular flexibility index (Phi) is 6.47. The monoisotopic (exact) mass is 332 g/mol. The second-order valence-electron chi connectivity index (χ2n) is 4.77. The molecule has 1 atom stereocenters. The second-order valence-corrected chi connectivity index (χ2v) is 5.56. The number of rotatable bonds is 7. The lowest BCUT2D eigenvalue weighted by molar-refractivity contribution is 0.188. The van der Waals surface area contributed by atoms with Crippen LogP contribution in [0.4, 0.5) is 5.69 Å². The van der Waals surface area contributed by atoms with Crippen molar-refractivity contribution in [2.24, 2.45) is 0 Å². The lowest BCUT2D eigenvalue weighted by Gasteiger charge is -2.13. The quantitative estimate of drug-likeness (QED) is 0.771. The average molecular weight is 333 g/mol. The van der Waals surface area contributed by atoms with Gasteiger partial charge in [0.05, 0.1) is 24.5 Å². The van der Waals surface area contributed by atoms with Crippen molar-refractivity contribution in [3.05, 3.63) is 21.0 Å². The average Bonchev–Trinajstić information content (AvgIpc) is 2.33. The Morgan fingerprint density at radius 2 is 2.26 bits per heavy atom. The molecule has 0 aliphatic carbocycles. The molecular weight excluding hydrogens is 312 g/mol. The van der Waals surface area contributed by atoms with E-state index < -0.39 is 0 Å². The maximum absolute atomic E-state index is 12.0. The van der Waals surface area contributed by atoms with Gasteiger partial charge < -0.3 is 15.3 Å². The van der Waals surface area contributed by atoms with Crippen LogP contribution in [0, 0.1) is 0 Å². The van der Waals surface area contributed by atoms with Crippen LogP contribution in [-0.4, -0.2) is 53.1 Å². The highest BCUT2D eigenvalue weighted by Gasteiger charge is 2.08. The molecule has 0 saturated carbocycles. The van der Waals surface area contributed by atoms with Crippen molar-refractivity contribution >= 4 is 21.6 Å². The molecule has 0 saturated heterocycles. The summed E-state index contributed by atoms with van der Waals surface area (Å²) in [6.07, 6.45) is 1.89. The van der Waals surface area contributed by atoms with Crippen LogP contribution in [0.5, 0.6) is 0 Å². The third-order valence-corrected chi connectivity index (χ3v) is 3.39. The molecule has 1 aromatic rings. The minimum absolute atomic E-state index is 0.149. The third-order valence-electron chi connectivity index (χ3n) is 2.62. The lowest BCUT2D eigenvalue weighted by atomic mass is 10.3. The van der Waals surface area contributed by atoms with Crippen molar-refractivity contribution in [3.8, 4) is 0 Å². The molecule has 1 aromatic heterocycles. The van der Waals surface area contributed by atoms with Gasteiger partial charge in [-0.15, -0.1) is 0 Å². The van der Waals surface area contributed by atoms with E-state index in [4.69, 9.17) is 0 Å². The fraction of sp³-hybridized carbons (Fsp3) is 0.667. The highest BCUT2D eigenvalue weighted by atomic mass is 79.9. The minimum atomic E-state index is -0.361. The van der Waals surface area contributed by atoms with Crippen molar-refractivity contribution in [1.29, 1.82) is 0 Å². The zero-order valence-corrected chi connectivity index (χ0v) is 13.1. The van der Waals surface area contributed by atoms with Gasteiger partial charge in [0.1, 0.15) is 4.47 Å². The van der Waals surface area contributed by atoms with Crippen LogP contribution in [0.25, 0.3) is 0 Å². The predicted molar refractivity (Wildman–Crippen MR) is 79.5 cm³/mol. The van der Waals surface area contributed by atoms with E-state index in [0.29, 0.717) is 29.7 Å². The molecule has 7 heteroatoms. The Balaban J connectivity index is 2.71. The smallest absolute Gasteiger partial charge is 0.283 e. The van der Waals surface area contributed by atoms with Crippen LogP contribution < -0.4 is 10.9 Å². The van der Waals surface area contributed by atoms with Gasteiger partial charge >= 0.3 is 0 Å². The fourth-order valence-corrected chi connectivity index (χ4v) is 1.91. The van der Waals surface area contributed by atoms with Crippen molar-refractivity contribution in [2.45, 2.75) is 26.0 Å². The van der Waals surface area contributed by atoms with Crippen LogP contribution >= 0.6 is 15.9 Å². The first-order valence-corrected chi connectivity index (χ1v) is 7.03. The van der Waals surface area contributed by atoms with Gasteiger partial charge in [-0.3, -0.25) is 4.79 Å². The minimum Gasteiger partial charge on any atom is -0.393 e. The SMILES string of the molecule is CC(O)CCNc1cnn(CCN(C)C)c(=O)c1Br. The van der Waals surface area contributed by atoms with Gasteiger partial charge in [0.25, 0.3) is 5.56 Å². The molecule has 0 fully saturated rings. The molecule has 0 bridgehead atoms. The Morgan fingerprint density at radius 1 is 1.58 bits per heavy atom. The predicted octanol–water partition coefficient (Wildman–Crippen LogP) is 0.750. The Hall–Kier alpha value is -0.920. The Bertz CT molecular complexity index is 460. The largest absolute Gasteiger partial charge is 0.393 e. The zero-order valence-electron chi connectivity index (χ0n) is 11.6. The first-order chi connectivity index (χ1) is 8.91. The first kappa shape index (κ1) is 16.1. The number of likely N-dealkylation sites (N-methyl/N-ethyl adjacent to an activating group) is 1. The van der Waals surface area contributed by atoms with Crippen LogP contribution in [0.3, 0.4) is 0 Å². The number of hydrogen-bond acceptors (Lipinski definition) is 5. The summed E-state index contributed by atoms with van der Waals surface area (Å²) in [5.41, 5.74) is 0.510. The molecule has 1 heterocycles. The van der Waals surface area contributed by atoms with E-state index in [1.54, 1.807) is 13.1 Å². The Morgan fingerprint density at radius 3 is 2.84 bits per heavy atom. The van der Waals surface area contributed by atoms with E-state index in [0.717, 1.165) is 6.54 Å². The van der Waals surface area contributed by atoms with E-state index >= 15 is 0 Å². The third kappa shape index (κ3) is 5.30. The summed E-state index contributed by atoms with van der Waals surface area (Å²) in [6.45, 7) is 3.64. The van der Waals surface area contributed by atoms with E-state index in [1.165, 1.54) is 4.68 Å². The molecule has 0 radical (unpaired) electrons. The zero-order chi connectivity index (χ0) is 14.4. The molecule has 2 N–H and O–H groups in total. The van der Waals surface area contributed by atoms with Crippen molar-refractivity contribution < 1.29 is 5.11 Å². The van der Waals surface area contributed by atoms with Gasteiger partial charge in [0.15, 0.2) is 0 Å². The molecule has 0 spiro atoms. The van der Waals surface area contributed by atoms with Gasteiger partial charge in [0.2, 0.25) is 0 Å². The number of aliphatic hydroxyl groups is 1. The molecule has 1 unspecified atom stereocenters. The van der Waals surface area contributed by atoms with E-state index in [1.807, 2.05) is 19.0 Å². The molecule has 108 valence electrons. The number of nitrogens with zero attached hydrogens (tertiary/aromatic N) is 3. The summed E-state index contributed by atoms with van der Waals surface area (Å²) in [4.78, 5) is 14.0. The summed E-state index contributed by atoms with van der Waals surface area (Å²) >= 11 is 3.29. The maximum Gasteiger partial charge on any atom is 0.283 e. The lowest BCUT2D eigenvalue weighted by Crippen LogP contribution is -2.29. The maximum atomic E-state index is 12.0. The molecule has 0 aliphatic heterocycles. The standard InChI is InChI=1S/C12H21BrN4O2/c1-9(18)4-5-14-10-8-15-17(7-6-16(2)3)12(19)11(10)13/h8-9,14,18H,4-7H2,1-3H3. The van der Waals surface area contributed by atoms with Gasteiger partial charge in [-0.25, -0.2) is 4.68 Å².